The highest BCUT2D eigenvalue weighted by Gasteiger charge is 2.32. The summed E-state index contributed by atoms with van der Waals surface area (Å²) < 4.78 is 44.4. The van der Waals surface area contributed by atoms with E-state index in [1.165, 1.54) is 18.2 Å². The van der Waals surface area contributed by atoms with E-state index < -0.39 is 11.7 Å². The number of rotatable bonds is 2. The van der Waals surface area contributed by atoms with E-state index >= 15 is 0 Å². The van der Waals surface area contributed by atoms with Crippen molar-refractivity contribution in [1.29, 1.82) is 0 Å². The highest BCUT2D eigenvalue weighted by molar-refractivity contribution is 6.67. The second-order valence-electron chi connectivity index (χ2n) is 5.33. The molecule has 0 saturated carbocycles. The topological polar surface area (TPSA) is 9.23 Å². The van der Waals surface area contributed by atoms with Crippen LogP contribution in [0, 0.1) is 0 Å². The van der Waals surface area contributed by atoms with Gasteiger partial charge in [0, 0.05) is 0 Å². The summed E-state index contributed by atoms with van der Waals surface area (Å²) in [7, 11) is 0. The maximum atomic E-state index is 12.9. The third-order valence-electron chi connectivity index (χ3n) is 3.82. The number of hydrogen-bond donors (Lipinski definition) is 0. The van der Waals surface area contributed by atoms with Crippen LogP contribution in [0.15, 0.2) is 42.5 Å². The van der Waals surface area contributed by atoms with Gasteiger partial charge in [-0.05, 0) is 34.3 Å². The fraction of sp³-hybridized carbons (Fsp3) is 0.176. The number of hydrogen-bond acceptors (Lipinski definition) is 1. The normalized spacial score (nSPS) is 14.6. The Morgan fingerprint density at radius 1 is 1.09 bits per heavy atom. The predicted octanol–water partition coefficient (Wildman–Crippen LogP) is 4.23. The lowest BCUT2D eigenvalue weighted by atomic mass is 9.64. The van der Waals surface area contributed by atoms with E-state index in [0.29, 0.717) is 6.61 Å². The van der Waals surface area contributed by atoms with Crippen molar-refractivity contribution in [2.24, 2.45) is 0 Å². The molecular formula is C17H14BF3O. The first-order valence-corrected chi connectivity index (χ1v) is 7.04. The zero-order chi connectivity index (χ0) is 15.7. The zero-order valence-corrected chi connectivity index (χ0v) is 12.0. The van der Waals surface area contributed by atoms with Gasteiger partial charge >= 0.3 is 13.1 Å². The minimum Gasteiger partial charge on any atom is -0.427 e. The minimum absolute atomic E-state index is 0.0824. The van der Waals surface area contributed by atoms with Crippen molar-refractivity contribution in [1.82, 2.24) is 0 Å². The summed E-state index contributed by atoms with van der Waals surface area (Å²) in [6.45, 7) is 2.62. The van der Waals surface area contributed by atoms with Gasteiger partial charge in [0.25, 0.3) is 0 Å². The van der Waals surface area contributed by atoms with E-state index in [1.807, 2.05) is 25.0 Å². The molecule has 0 saturated heterocycles. The molecule has 0 N–H and O–H groups in total. The van der Waals surface area contributed by atoms with Crippen LogP contribution in [0.4, 0.5) is 13.2 Å². The van der Waals surface area contributed by atoms with Gasteiger partial charge in [0.1, 0.15) is 0 Å². The first kappa shape index (κ1) is 14.9. The first-order valence-electron chi connectivity index (χ1n) is 7.04. The molecule has 0 radical (unpaired) electrons. The van der Waals surface area contributed by atoms with Crippen LogP contribution in [0.1, 0.15) is 22.3 Å². The average Bonchev–Trinajstić information content (AvgIpc) is 2.85. The monoisotopic (exact) mass is 302 g/mol. The smallest absolute Gasteiger partial charge is 0.416 e. The molecule has 112 valence electrons. The SMILES string of the molecule is CB1OCc2cc(/C=C/c3ccccc3C(F)(F)F)ccc21. The van der Waals surface area contributed by atoms with Crippen molar-refractivity contribution in [2.45, 2.75) is 19.6 Å². The van der Waals surface area contributed by atoms with Crippen LogP contribution in [0.2, 0.25) is 6.82 Å². The van der Waals surface area contributed by atoms with E-state index in [1.54, 1.807) is 12.1 Å². The molecule has 1 aliphatic rings. The summed E-state index contributed by atoms with van der Waals surface area (Å²) in [5.41, 5.74) is 2.66. The molecule has 0 aliphatic carbocycles. The van der Waals surface area contributed by atoms with Gasteiger partial charge in [0.15, 0.2) is 0 Å². The Kier molecular flexibility index (Phi) is 3.83. The Balaban J connectivity index is 1.90. The Hall–Kier alpha value is -2.01. The van der Waals surface area contributed by atoms with Gasteiger partial charge < -0.3 is 4.65 Å². The largest absolute Gasteiger partial charge is 0.427 e. The highest BCUT2D eigenvalue weighted by Crippen LogP contribution is 2.32. The lowest BCUT2D eigenvalue weighted by Gasteiger charge is -2.09. The summed E-state index contributed by atoms with van der Waals surface area (Å²) in [4.78, 5) is 0. The molecule has 2 aromatic rings. The summed E-state index contributed by atoms with van der Waals surface area (Å²) in [5, 5.41) is 0. The van der Waals surface area contributed by atoms with Gasteiger partial charge in [-0.25, -0.2) is 0 Å². The number of halogens is 3. The van der Waals surface area contributed by atoms with Crippen LogP contribution < -0.4 is 5.46 Å². The third kappa shape index (κ3) is 2.95. The lowest BCUT2D eigenvalue weighted by Crippen LogP contribution is -2.23. The molecule has 2 aromatic carbocycles. The van der Waals surface area contributed by atoms with Crippen molar-refractivity contribution < 1.29 is 17.8 Å². The molecule has 5 heteroatoms. The van der Waals surface area contributed by atoms with Gasteiger partial charge in [-0.3, -0.25) is 0 Å². The standard InChI is InChI=1S/C17H14BF3O/c1-18-16-9-7-12(10-14(16)11-22-18)6-8-13-4-2-3-5-15(13)17(19,20)21/h2-10H,11H2,1H3/b8-6+. The molecule has 22 heavy (non-hydrogen) atoms. The van der Waals surface area contributed by atoms with Gasteiger partial charge in [0.05, 0.1) is 12.2 Å². The predicted molar refractivity (Wildman–Crippen MR) is 82.9 cm³/mol. The molecule has 1 aliphatic heterocycles. The minimum atomic E-state index is -4.35. The molecular weight excluding hydrogens is 288 g/mol. The van der Waals surface area contributed by atoms with Crippen molar-refractivity contribution in [3.05, 3.63) is 64.7 Å². The quantitative estimate of drug-likeness (QED) is 0.596. The number of alkyl halides is 3. The summed E-state index contributed by atoms with van der Waals surface area (Å²) in [6.07, 6.45) is -1.14. The fourth-order valence-corrected chi connectivity index (χ4v) is 2.64. The molecule has 0 aromatic heterocycles. The molecule has 0 bridgehead atoms. The number of benzene rings is 2. The molecule has 1 nitrogen and oxygen atoms in total. The molecule has 0 spiro atoms. The van der Waals surface area contributed by atoms with Crippen LogP contribution in [0.5, 0.6) is 0 Å². The van der Waals surface area contributed by atoms with Crippen LogP contribution in [0.3, 0.4) is 0 Å². The van der Waals surface area contributed by atoms with Crippen LogP contribution in [-0.4, -0.2) is 6.92 Å². The summed E-state index contributed by atoms with van der Waals surface area (Å²) in [5.74, 6) is 0. The average molecular weight is 302 g/mol. The highest BCUT2D eigenvalue weighted by atomic mass is 19.4. The molecule has 0 atom stereocenters. The molecule has 0 fully saturated rings. The zero-order valence-electron chi connectivity index (χ0n) is 12.0. The lowest BCUT2D eigenvalue weighted by molar-refractivity contribution is -0.137. The Morgan fingerprint density at radius 2 is 1.86 bits per heavy atom. The van der Waals surface area contributed by atoms with Crippen LogP contribution in [0.25, 0.3) is 12.2 Å². The van der Waals surface area contributed by atoms with Gasteiger partial charge in [-0.1, -0.05) is 49.3 Å². The first-order chi connectivity index (χ1) is 10.4. The van der Waals surface area contributed by atoms with E-state index in [-0.39, 0.29) is 12.5 Å². The molecule has 0 unspecified atom stereocenters. The summed E-state index contributed by atoms with van der Waals surface area (Å²) >= 11 is 0. The Labute approximate surface area is 127 Å². The molecule has 3 rings (SSSR count). The Bertz CT molecular complexity index is 722. The van der Waals surface area contributed by atoms with Gasteiger partial charge in [0.2, 0.25) is 0 Å². The third-order valence-corrected chi connectivity index (χ3v) is 3.82. The van der Waals surface area contributed by atoms with E-state index in [4.69, 9.17) is 4.65 Å². The van der Waals surface area contributed by atoms with E-state index in [9.17, 15) is 13.2 Å². The van der Waals surface area contributed by atoms with Gasteiger partial charge in [-0.15, -0.1) is 0 Å². The maximum absolute atomic E-state index is 12.9. The van der Waals surface area contributed by atoms with Crippen LogP contribution >= 0.6 is 0 Å². The van der Waals surface area contributed by atoms with Crippen molar-refractivity contribution in [2.75, 3.05) is 0 Å². The molecule has 0 amide bonds. The summed E-state index contributed by atoms with van der Waals surface area (Å²) in [6, 6.07) is 11.4. The van der Waals surface area contributed by atoms with Crippen molar-refractivity contribution in [3.8, 4) is 0 Å². The number of fused-ring (bicyclic) bond motifs is 1. The van der Waals surface area contributed by atoms with Crippen molar-refractivity contribution in [3.63, 3.8) is 0 Å². The maximum Gasteiger partial charge on any atom is 0.416 e. The van der Waals surface area contributed by atoms with Crippen molar-refractivity contribution >= 4 is 24.5 Å². The second-order valence-corrected chi connectivity index (χ2v) is 5.33. The van der Waals surface area contributed by atoms with Crippen LogP contribution in [-0.2, 0) is 17.4 Å². The van der Waals surface area contributed by atoms with E-state index in [0.717, 1.165) is 22.7 Å². The Morgan fingerprint density at radius 3 is 2.64 bits per heavy atom. The van der Waals surface area contributed by atoms with E-state index in [2.05, 4.69) is 0 Å². The van der Waals surface area contributed by atoms with Gasteiger partial charge in [-0.2, -0.15) is 13.2 Å². The second kappa shape index (κ2) is 5.65. The molecule has 1 heterocycles. The fourth-order valence-electron chi connectivity index (χ4n) is 2.64.